The van der Waals surface area contributed by atoms with Crippen LogP contribution in [0.25, 0.3) is 0 Å². The summed E-state index contributed by atoms with van der Waals surface area (Å²) >= 11 is 0. The highest BCUT2D eigenvalue weighted by Gasteiger charge is 2.21. The number of Topliss-reactive ketones (excluding diaryl/α,β-unsaturated/α-hetero) is 1. The van der Waals surface area contributed by atoms with Crippen molar-refractivity contribution in [3.63, 3.8) is 0 Å². The normalized spacial score (nSPS) is 11.9. The molecule has 3 aromatic rings. The Hall–Kier alpha value is -3.28. The number of nitrogens with one attached hydrogen (secondary N) is 1. The molecule has 5 nitrogen and oxygen atoms in total. The first-order chi connectivity index (χ1) is 13.8. The number of hydrogen-bond acceptors (Lipinski definition) is 3. The first-order valence-corrected chi connectivity index (χ1v) is 9.47. The highest BCUT2D eigenvalue weighted by Crippen LogP contribution is 2.21. The third-order valence-electron chi connectivity index (χ3n) is 4.90. The molecule has 0 aliphatic heterocycles. The smallest absolute Gasteiger partial charge is 0.221 e. The van der Waals surface area contributed by atoms with E-state index in [9.17, 15) is 14.0 Å². The molecule has 6 heteroatoms. The van der Waals surface area contributed by atoms with E-state index in [1.54, 1.807) is 29.1 Å². The van der Waals surface area contributed by atoms with Crippen molar-refractivity contribution in [1.29, 1.82) is 0 Å². The Morgan fingerprint density at radius 2 is 1.83 bits per heavy atom. The van der Waals surface area contributed by atoms with E-state index in [0.717, 1.165) is 16.7 Å². The van der Waals surface area contributed by atoms with Crippen molar-refractivity contribution in [1.82, 2.24) is 14.9 Å². The van der Waals surface area contributed by atoms with Crippen LogP contribution in [0.5, 0.6) is 0 Å². The molecule has 0 saturated carbocycles. The Morgan fingerprint density at radius 3 is 2.48 bits per heavy atom. The van der Waals surface area contributed by atoms with Gasteiger partial charge < -0.3 is 9.88 Å². The third kappa shape index (κ3) is 4.96. The monoisotopic (exact) mass is 393 g/mol. The second-order valence-corrected chi connectivity index (χ2v) is 7.19. The van der Waals surface area contributed by atoms with Crippen molar-refractivity contribution in [3.8, 4) is 0 Å². The van der Waals surface area contributed by atoms with Crippen LogP contribution in [0.15, 0.2) is 54.9 Å². The fourth-order valence-electron chi connectivity index (χ4n) is 3.24. The van der Waals surface area contributed by atoms with Crippen LogP contribution in [0.2, 0.25) is 0 Å². The molecule has 1 atom stereocenters. The van der Waals surface area contributed by atoms with Gasteiger partial charge >= 0.3 is 0 Å². The zero-order valence-electron chi connectivity index (χ0n) is 16.8. The topological polar surface area (TPSA) is 64.0 Å². The highest BCUT2D eigenvalue weighted by molar-refractivity contribution is 5.99. The molecule has 0 bridgehead atoms. The van der Waals surface area contributed by atoms with Gasteiger partial charge in [0.25, 0.3) is 0 Å². The molecule has 0 saturated heterocycles. The third-order valence-corrected chi connectivity index (χ3v) is 4.90. The van der Waals surface area contributed by atoms with Crippen molar-refractivity contribution in [2.45, 2.75) is 32.7 Å². The lowest BCUT2D eigenvalue weighted by molar-refractivity contribution is -0.121. The maximum Gasteiger partial charge on any atom is 0.221 e. The second kappa shape index (κ2) is 8.82. The van der Waals surface area contributed by atoms with Gasteiger partial charge in [-0.25, -0.2) is 9.37 Å². The minimum absolute atomic E-state index is 0.0586. The second-order valence-electron chi connectivity index (χ2n) is 7.19. The van der Waals surface area contributed by atoms with Gasteiger partial charge in [0.2, 0.25) is 5.91 Å². The Morgan fingerprint density at radius 1 is 1.10 bits per heavy atom. The van der Waals surface area contributed by atoms with Crippen molar-refractivity contribution < 1.29 is 14.0 Å². The molecule has 2 aromatic carbocycles. The van der Waals surface area contributed by atoms with Crippen LogP contribution in [0.1, 0.15) is 51.8 Å². The molecule has 0 fully saturated rings. The van der Waals surface area contributed by atoms with Gasteiger partial charge in [0.1, 0.15) is 17.7 Å². The van der Waals surface area contributed by atoms with Crippen LogP contribution in [-0.4, -0.2) is 21.2 Å². The van der Waals surface area contributed by atoms with Gasteiger partial charge in [0, 0.05) is 37.8 Å². The van der Waals surface area contributed by atoms with Crippen LogP contribution in [0, 0.1) is 19.7 Å². The van der Waals surface area contributed by atoms with Crippen molar-refractivity contribution in [2.75, 3.05) is 0 Å². The van der Waals surface area contributed by atoms with E-state index in [0.29, 0.717) is 11.4 Å². The summed E-state index contributed by atoms with van der Waals surface area (Å²) in [6.07, 6.45) is 3.60. The van der Waals surface area contributed by atoms with Crippen molar-refractivity contribution in [2.24, 2.45) is 7.05 Å². The summed E-state index contributed by atoms with van der Waals surface area (Å²) < 4.78 is 15.1. The van der Waals surface area contributed by atoms with E-state index < -0.39 is 6.04 Å². The number of ketones is 1. The zero-order chi connectivity index (χ0) is 21.0. The Kier molecular flexibility index (Phi) is 6.22. The molecule has 0 spiro atoms. The van der Waals surface area contributed by atoms with Crippen LogP contribution < -0.4 is 5.32 Å². The minimum Gasteiger partial charge on any atom is -0.342 e. The average molecular weight is 393 g/mol. The van der Waals surface area contributed by atoms with Crippen molar-refractivity contribution in [3.05, 3.63) is 88.8 Å². The predicted molar refractivity (Wildman–Crippen MR) is 109 cm³/mol. The van der Waals surface area contributed by atoms with Gasteiger partial charge in [-0.1, -0.05) is 29.8 Å². The molecule has 1 heterocycles. The SMILES string of the molecule is Cc1ccc(C)c(C(=O)CCC(=O)NC(c2ccc(F)cc2)c2nccn2C)c1. The Bertz CT molecular complexity index is 1020. The van der Waals surface area contributed by atoms with E-state index >= 15 is 0 Å². The highest BCUT2D eigenvalue weighted by atomic mass is 19.1. The molecule has 1 unspecified atom stereocenters. The van der Waals surface area contributed by atoms with E-state index in [-0.39, 0.29) is 30.3 Å². The number of hydrogen-bond donors (Lipinski definition) is 1. The van der Waals surface area contributed by atoms with E-state index in [1.807, 2.05) is 39.1 Å². The molecule has 1 aromatic heterocycles. The fourth-order valence-corrected chi connectivity index (χ4v) is 3.24. The first-order valence-electron chi connectivity index (χ1n) is 9.47. The molecule has 0 radical (unpaired) electrons. The number of nitrogens with zero attached hydrogens (tertiary/aromatic N) is 2. The summed E-state index contributed by atoms with van der Waals surface area (Å²) in [4.78, 5) is 29.5. The number of carbonyl (C=O) groups excluding carboxylic acids is 2. The standard InChI is InChI=1S/C23H24FN3O2/c1-15-4-5-16(2)19(14-15)20(28)10-11-21(29)26-22(23-25-12-13-27(23)3)17-6-8-18(24)9-7-17/h4-9,12-14,22H,10-11H2,1-3H3,(H,26,29). The van der Waals surface area contributed by atoms with Crippen LogP contribution in [-0.2, 0) is 11.8 Å². The van der Waals surface area contributed by atoms with Crippen LogP contribution >= 0.6 is 0 Å². The summed E-state index contributed by atoms with van der Waals surface area (Å²) in [5.41, 5.74) is 3.28. The quantitative estimate of drug-likeness (QED) is 0.616. The van der Waals surface area contributed by atoms with Gasteiger partial charge in [-0.15, -0.1) is 0 Å². The lowest BCUT2D eigenvalue weighted by Crippen LogP contribution is -2.31. The summed E-state index contributed by atoms with van der Waals surface area (Å²) in [5.74, 6) is -0.0405. The Labute approximate surface area is 169 Å². The molecule has 3 rings (SSSR count). The predicted octanol–water partition coefficient (Wildman–Crippen LogP) is 4.04. The number of halogens is 1. The molecule has 1 N–H and O–H groups in total. The van der Waals surface area contributed by atoms with Gasteiger partial charge in [-0.2, -0.15) is 0 Å². The molecule has 0 aliphatic rings. The summed E-state index contributed by atoms with van der Waals surface area (Å²) in [5, 5.41) is 2.93. The lowest BCUT2D eigenvalue weighted by atomic mass is 9.99. The largest absolute Gasteiger partial charge is 0.342 e. The number of amides is 1. The minimum atomic E-state index is -0.529. The number of aromatic nitrogens is 2. The molecular weight excluding hydrogens is 369 g/mol. The van der Waals surface area contributed by atoms with Gasteiger partial charge in [0.05, 0.1) is 0 Å². The molecule has 1 amide bonds. The van der Waals surface area contributed by atoms with E-state index in [2.05, 4.69) is 10.3 Å². The van der Waals surface area contributed by atoms with Gasteiger partial charge in [-0.05, 0) is 43.2 Å². The van der Waals surface area contributed by atoms with E-state index in [1.165, 1.54) is 12.1 Å². The number of benzene rings is 2. The molecular formula is C23H24FN3O2. The summed E-state index contributed by atoms with van der Waals surface area (Å²) in [6, 6.07) is 11.1. The number of imidazole rings is 1. The maximum atomic E-state index is 13.3. The number of rotatable bonds is 7. The molecule has 29 heavy (non-hydrogen) atoms. The van der Waals surface area contributed by atoms with Gasteiger partial charge in [-0.3, -0.25) is 9.59 Å². The molecule has 150 valence electrons. The number of aryl methyl sites for hydroxylation is 3. The number of carbonyl (C=O) groups is 2. The Balaban J connectivity index is 1.72. The van der Waals surface area contributed by atoms with Gasteiger partial charge in [0.15, 0.2) is 5.78 Å². The first kappa shape index (κ1) is 20.5. The summed E-state index contributed by atoms with van der Waals surface area (Å²) in [7, 11) is 1.83. The zero-order valence-corrected chi connectivity index (χ0v) is 16.8. The summed E-state index contributed by atoms with van der Waals surface area (Å²) in [6.45, 7) is 3.82. The fraction of sp³-hybridized carbons (Fsp3) is 0.261. The maximum absolute atomic E-state index is 13.3. The van der Waals surface area contributed by atoms with E-state index in [4.69, 9.17) is 0 Å². The lowest BCUT2D eigenvalue weighted by Gasteiger charge is -2.19. The van der Waals surface area contributed by atoms with Crippen molar-refractivity contribution >= 4 is 11.7 Å². The average Bonchev–Trinajstić information content (AvgIpc) is 3.12. The van der Waals surface area contributed by atoms with Crippen LogP contribution in [0.4, 0.5) is 4.39 Å². The molecule has 0 aliphatic carbocycles. The van der Waals surface area contributed by atoms with Crippen LogP contribution in [0.3, 0.4) is 0 Å².